The molecule has 0 spiro atoms. The zero-order valence-corrected chi connectivity index (χ0v) is 17.5. The summed E-state index contributed by atoms with van der Waals surface area (Å²) in [5, 5.41) is 10.6. The number of ether oxygens (including phenoxy) is 1. The van der Waals surface area contributed by atoms with E-state index in [1.54, 1.807) is 6.92 Å². The molecule has 3 amide bonds. The van der Waals surface area contributed by atoms with Crippen LogP contribution in [0.5, 0.6) is 0 Å². The van der Waals surface area contributed by atoms with Gasteiger partial charge in [0.25, 0.3) is 0 Å². The number of urea groups is 1. The Bertz CT molecular complexity index is 700. The third kappa shape index (κ3) is 5.95. The van der Waals surface area contributed by atoms with Crippen molar-refractivity contribution < 1.29 is 19.1 Å². The highest BCUT2D eigenvalue weighted by atomic mass is 32.2. The summed E-state index contributed by atoms with van der Waals surface area (Å²) in [6.45, 7) is 5.84. The number of carbonyl (C=O) groups is 3. The standard InChI is InChI=1S/C18H29N5O4S/c1-4-27-14(24)10-13-21-22-18(23(13)12-8-6-5-7-9-12)28-15(11(2)3)16(25)20-17(19)26/h11-12,15H,4-10H2,1-3H3,(H3,19,20,25,26)/t15-/m1/s1. The molecule has 0 aliphatic heterocycles. The van der Waals surface area contributed by atoms with Crippen molar-refractivity contribution in [2.75, 3.05) is 6.61 Å². The largest absolute Gasteiger partial charge is 0.466 e. The highest BCUT2D eigenvalue weighted by Gasteiger charge is 2.30. The first kappa shape index (κ1) is 22.2. The summed E-state index contributed by atoms with van der Waals surface area (Å²) in [5.74, 6) is -0.326. The van der Waals surface area contributed by atoms with Crippen LogP contribution in [0.3, 0.4) is 0 Å². The van der Waals surface area contributed by atoms with Gasteiger partial charge in [0.15, 0.2) is 5.16 Å². The topological polar surface area (TPSA) is 129 Å². The molecule has 0 saturated heterocycles. The quantitative estimate of drug-likeness (QED) is 0.495. The molecule has 1 aliphatic carbocycles. The van der Waals surface area contributed by atoms with E-state index in [1.165, 1.54) is 18.2 Å². The van der Waals surface area contributed by atoms with Gasteiger partial charge in [-0.15, -0.1) is 10.2 Å². The molecular formula is C18H29N5O4S. The van der Waals surface area contributed by atoms with E-state index in [0.29, 0.717) is 17.6 Å². The molecule has 156 valence electrons. The average Bonchev–Trinajstić information content (AvgIpc) is 3.01. The molecule has 1 fully saturated rings. The summed E-state index contributed by atoms with van der Waals surface area (Å²) >= 11 is 1.25. The van der Waals surface area contributed by atoms with Gasteiger partial charge < -0.3 is 15.0 Å². The number of nitrogens with two attached hydrogens (primary N) is 1. The SMILES string of the molecule is CCOC(=O)Cc1nnc(S[C@@H](C(=O)NC(N)=O)C(C)C)n1C1CCCCC1. The smallest absolute Gasteiger partial charge is 0.318 e. The monoisotopic (exact) mass is 411 g/mol. The van der Waals surface area contributed by atoms with Crippen molar-refractivity contribution in [2.24, 2.45) is 11.7 Å². The van der Waals surface area contributed by atoms with E-state index in [-0.39, 0.29) is 24.3 Å². The second-order valence-corrected chi connectivity index (χ2v) is 8.29. The third-order valence-electron chi connectivity index (χ3n) is 4.63. The van der Waals surface area contributed by atoms with Crippen molar-refractivity contribution >= 4 is 29.7 Å². The van der Waals surface area contributed by atoms with Gasteiger partial charge in [-0.25, -0.2) is 4.79 Å². The average molecular weight is 412 g/mol. The van der Waals surface area contributed by atoms with Gasteiger partial charge in [-0.05, 0) is 25.7 Å². The number of amides is 3. The van der Waals surface area contributed by atoms with Crippen molar-refractivity contribution in [3.05, 3.63) is 5.82 Å². The normalized spacial score (nSPS) is 16.0. The van der Waals surface area contributed by atoms with Crippen LogP contribution < -0.4 is 11.1 Å². The number of thioether (sulfide) groups is 1. The molecule has 3 N–H and O–H groups in total. The maximum Gasteiger partial charge on any atom is 0.318 e. The Morgan fingerprint density at radius 2 is 1.93 bits per heavy atom. The summed E-state index contributed by atoms with van der Waals surface area (Å²) in [7, 11) is 0. The number of aromatic nitrogens is 3. The molecule has 1 heterocycles. The summed E-state index contributed by atoms with van der Waals surface area (Å²) in [5.41, 5.74) is 5.09. The minimum Gasteiger partial charge on any atom is -0.466 e. The second kappa shape index (κ2) is 10.4. The van der Waals surface area contributed by atoms with Crippen LogP contribution in [0, 0.1) is 5.92 Å². The van der Waals surface area contributed by atoms with Crippen molar-refractivity contribution in [1.82, 2.24) is 20.1 Å². The number of esters is 1. The number of primary amides is 1. The van der Waals surface area contributed by atoms with Crippen molar-refractivity contribution in [3.63, 3.8) is 0 Å². The molecule has 10 heteroatoms. The molecule has 0 unspecified atom stereocenters. The first-order valence-corrected chi connectivity index (χ1v) is 10.6. The number of hydrogen-bond acceptors (Lipinski definition) is 7. The zero-order chi connectivity index (χ0) is 20.7. The first-order valence-electron chi connectivity index (χ1n) is 9.69. The van der Waals surface area contributed by atoms with E-state index in [9.17, 15) is 14.4 Å². The van der Waals surface area contributed by atoms with E-state index in [2.05, 4.69) is 15.5 Å². The minimum absolute atomic E-state index is 0.0394. The number of imide groups is 1. The predicted octanol–water partition coefficient (Wildman–Crippen LogP) is 2.20. The Morgan fingerprint density at radius 1 is 1.25 bits per heavy atom. The van der Waals surface area contributed by atoms with Crippen molar-refractivity contribution in [3.8, 4) is 0 Å². The summed E-state index contributed by atoms with van der Waals surface area (Å²) in [6.07, 6.45) is 5.37. The molecule has 1 aromatic rings. The third-order valence-corrected chi connectivity index (χ3v) is 6.13. The fourth-order valence-corrected chi connectivity index (χ4v) is 4.48. The van der Waals surface area contributed by atoms with Crippen LogP contribution >= 0.6 is 11.8 Å². The van der Waals surface area contributed by atoms with E-state index in [1.807, 2.05) is 18.4 Å². The van der Waals surface area contributed by atoms with Crippen LogP contribution in [-0.4, -0.2) is 44.5 Å². The first-order chi connectivity index (χ1) is 13.3. The van der Waals surface area contributed by atoms with Crippen molar-refractivity contribution in [2.45, 2.75) is 75.7 Å². The van der Waals surface area contributed by atoms with Crippen molar-refractivity contribution in [1.29, 1.82) is 0 Å². The maximum atomic E-state index is 12.4. The molecule has 0 aromatic carbocycles. The Labute approximate surface area is 169 Å². The van der Waals surface area contributed by atoms with Gasteiger partial charge in [0, 0.05) is 6.04 Å². The fraction of sp³-hybridized carbons (Fsp3) is 0.722. The summed E-state index contributed by atoms with van der Waals surface area (Å²) in [4.78, 5) is 35.5. The van der Waals surface area contributed by atoms with Crippen LogP contribution in [0.15, 0.2) is 5.16 Å². The van der Waals surface area contributed by atoms with Gasteiger partial charge in [0.2, 0.25) is 5.91 Å². The molecule has 0 radical (unpaired) electrons. The number of rotatable bonds is 8. The van der Waals surface area contributed by atoms with E-state index >= 15 is 0 Å². The highest BCUT2D eigenvalue weighted by Crippen LogP contribution is 2.35. The van der Waals surface area contributed by atoms with Crippen LogP contribution in [0.2, 0.25) is 0 Å². The lowest BCUT2D eigenvalue weighted by molar-refractivity contribution is -0.142. The van der Waals surface area contributed by atoms with Gasteiger partial charge in [-0.1, -0.05) is 44.9 Å². The molecule has 1 atom stereocenters. The molecule has 1 saturated carbocycles. The maximum absolute atomic E-state index is 12.4. The Hall–Kier alpha value is -2.10. The number of nitrogens with zero attached hydrogens (tertiary/aromatic N) is 3. The lowest BCUT2D eigenvalue weighted by Crippen LogP contribution is -2.42. The molecule has 1 aromatic heterocycles. The fourth-order valence-electron chi connectivity index (χ4n) is 3.35. The Morgan fingerprint density at radius 3 is 2.50 bits per heavy atom. The van der Waals surface area contributed by atoms with Gasteiger partial charge in [0.1, 0.15) is 12.2 Å². The van der Waals surface area contributed by atoms with Gasteiger partial charge in [-0.2, -0.15) is 0 Å². The minimum atomic E-state index is -0.881. The number of carbonyl (C=O) groups excluding carboxylic acids is 3. The van der Waals surface area contributed by atoms with Gasteiger partial charge in [-0.3, -0.25) is 14.9 Å². The van der Waals surface area contributed by atoms with Crippen LogP contribution in [-0.2, 0) is 20.7 Å². The van der Waals surface area contributed by atoms with Gasteiger partial charge >= 0.3 is 12.0 Å². The zero-order valence-electron chi connectivity index (χ0n) is 16.6. The lowest BCUT2D eigenvalue weighted by Gasteiger charge is -2.26. The second-order valence-electron chi connectivity index (χ2n) is 7.18. The lowest BCUT2D eigenvalue weighted by atomic mass is 9.95. The van der Waals surface area contributed by atoms with Crippen LogP contribution in [0.4, 0.5) is 4.79 Å². The summed E-state index contributed by atoms with van der Waals surface area (Å²) in [6, 6.07) is -0.698. The predicted molar refractivity (Wildman–Crippen MR) is 105 cm³/mol. The van der Waals surface area contributed by atoms with Crippen LogP contribution in [0.1, 0.15) is 64.7 Å². The van der Waals surface area contributed by atoms with Crippen LogP contribution in [0.25, 0.3) is 0 Å². The van der Waals surface area contributed by atoms with E-state index in [4.69, 9.17) is 10.5 Å². The van der Waals surface area contributed by atoms with E-state index < -0.39 is 17.2 Å². The highest BCUT2D eigenvalue weighted by molar-refractivity contribution is 8.00. The molecule has 0 bridgehead atoms. The number of hydrogen-bond donors (Lipinski definition) is 2. The summed E-state index contributed by atoms with van der Waals surface area (Å²) < 4.78 is 7.04. The molecule has 28 heavy (non-hydrogen) atoms. The Kier molecular flexibility index (Phi) is 8.28. The molecule has 9 nitrogen and oxygen atoms in total. The molecular weight excluding hydrogens is 382 g/mol. The molecule has 1 aliphatic rings. The van der Waals surface area contributed by atoms with Gasteiger partial charge in [0.05, 0.1) is 11.9 Å². The van der Waals surface area contributed by atoms with E-state index in [0.717, 1.165) is 25.7 Å². The Balaban J connectivity index is 2.30. The number of nitrogens with one attached hydrogen (secondary N) is 1. The molecule has 2 rings (SSSR count).